The van der Waals surface area contributed by atoms with E-state index >= 15 is 0 Å². The van der Waals surface area contributed by atoms with Crippen LogP contribution < -0.4 is 9.47 Å². The molecule has 128 valence electrons. The van der Waals surface area contributed by atoms with Crippen molar-refractivity contribution in [1.82, 2.24) is 0 Å². The van der Waals surface area contributed by atoms with Gasteiger partial charge in [-0.2, -0.15) is 0 Å². The van der Waals surface area contributed by atoms with Crippen molar-refractivity contribution >= 4 is 17.7 Å². The number of hydrogen-bond acceptors (Lipinski definition) is 4. The van der Waals surface area contributed by atoms with Gasteiger partial charge in [-0.05, 0) is 54.0 Å². The van der Waals surface area contributed by atoms with Crippen molar-refractivity contribution in [2.75, 3.05) is 13.4 Å². The van der Waals surface area contributed by atoms with E-state index in [0.717, 1.165) is 10.5 Å². The van der Waals surface area contributed by atoms with Crippen LogP contribution in [0.15, 0.2) is 41.3 Å². The summed E-state index contributed by atoms with van der Waals surface area (Å²) in [7, 11) is 1.56. The van der Waals surface area contributed by atoms with Crippen LogP contribution in [-0.4, -0.2) is 19.3 Å². The van der Waals surface area contributed by atoms with Crippen molar-refractivity contribution in [1.29, 1.82) is 0 Å². The lowest BCUT2D eigenvalue weighted by molar-refractivity contribution is 0.0730. The van der Waals surface area contributed by atoms with Gasteiger partial charge in [0.2, 0.25) is 0 Å². The second-order valence-corrected chi connectivity index (χ2v) is 7.57. The molecule has 0 bridgehead atoms. The second-order valence-electron chi connectivity index (χ2n) is 6.69. The summed E-state index contributed by atoms with van der Waals surface area (Å²) in [6.07, 6.45) is 1.98. The number of hydrogen-bond donors (Lipinski definition) is 0. The zero-order valence-electron chi connectivity index (χ0n) is 15.1. The van der Waals surface area contributed by atoms with Gasteiger partial charge < -0.3 is 9.47 Å². The highest BCUT2D eigenvalue weighted by Gasteiger charge is 2.18. The molecule has 0 radical (unpaired) electrons. The molecule has 2 rings (SSSR count). The fraction of sp³-hybridized carbons (Fsp3) is 0.350. The molecule has 0 aliphatic heterocycles. The van der Waals surface area contributed by atoms with E-state index in [4.69, 9.17) is 9.47 Å². The van der Waals surface area contributed by atoms with Crippen molar-refractivity contribution in [3.63, 3.8) is 0 Å². The van der Waals surface area contributed by atoms with Crippen molar-refractivity contribution < 1.29 is 14.3 Å². The van der Waals surface area contributed by atoms with Crippen LogP contribution in [0.2, 0.25) is 0 Å². The number of benzene rings is 2. The largest absolute Gasteiger partial charge is 0.496 e. The SMILES string of the molecule is COc1cc(SC)ccc1C(=O)Oc1ccc(C(C)(C)C)cc1C. The van der Waals surface area contributed by atoms with Crippen LogP contribution in [0.3, 0.4) is 0 Å². The molecule has 0 spiro atoms. The third-order valence-electron chi connectivity index (χ3n) is 3.87. The van der Waals surface area contributed by atoms with Gasteiger partial charge in [-0.1, -0.05) is 32.9 Å². The Morgan fingerprint density at radius 3 is 2.29 bits per heavy atom. The minimum Gasteiger partial charge on any atom is -0.496 e. The average Bonchev–Trinajstić information content (AvgIpc) is 2.54. The molecule has 0 unspecified atom stereocenters. The molecule has 3 nitrogen and oxygen atoms in total. The summed E-state index contributed by atoms with van der Waals surface area (Å²) in [5, 5.41) is 0. The van der Waals surface area contributed by atoms with E-state index in [1.165, 1.54) is 5.56 Å². The Labute approximate surface area is 148 Å². The van der Waals surface area contributed by atoms with Crippen molar-refractivity contribution in [3.8, 4) is 11.5 Å². The van der Waals surface area contributed by atoms with Crippen LogP contribution in [-0.2, 0) is 5.41 Å². The van der Waals surface area contributed by atoms with Crippen LogP contribution in [0.5, 0.6) is 11.5 Å². The second kappa shape index (κ2) is 7.31. The minimum atomic E-state index is -0.411. The summed E-state index contributed by atoms with van der Waals surface area (Å²) < 4.78 is 10.9. The van der Waals surface area contributed by atoms with Crippen LogP contribution in [0.4, 0.5) is 0 Å². The lowest BCUT2D eigenvalue weighted by atomic mass is 9.86. The Balaban J connectivity index is 2.27. The molecule has 2 aromatic carbocycles. The maximum atomic E-state index is 12.5. The molecule has 0 aliphatic carbocycles. The summed E-state index contributed by atoms with van der Waals surface area (Å²) >= 11 is 1.60. The number of aryl methyl sites for hydroxylation is 1. The first kappa shape index (κ1) is 18.4. The van der Waals surface area contributed by atoms with E-state index in [2.05, 4.69) is 26.8 Å². The minimum absolute atomic E-state index is 0.0597. The summed E-state index contributed by atoms with van der Waals surface area (Å²) in [6, 6.07) is 11.4. The number of esters is 1. The Hall–Kier alpha value is -1.94. The quantitative estimate of drug-likeness (QED) is 0.431. The van der Waals surface area contributed by atoms with E-state index in [-0.39, 0.29) is 5.41 Å². The van der Waals surface area contributed by atoms with Gasteiger partial charge in [0.15, 0.2) is 0 Å². The molecule has 0 N–H and O–H groups in total. The van der Waals surface area contributed by atoms with Crippen LogP contribution in [0.25, 0.3) is 0 Å². The lowest BCUT2D eigenvalue weighted by Crippen LogP contribution is -2.13. The molecule has 0 heterocycles. The van der Waals surface area contributed by atoms with Gasteiger partial charge in [0.25, 0.3) is 0 Å². The fourth-order valence-corrected chi connectivity index (χ4v) is 2.78. The molecule has 24 heavy (non-hydrogen) atoms. The fourth-order valence-electron chi connectivity index (χ4n) is 2.35. The van der Waals surface area contributed by atoms with Crippen molar-refractivity contribution in [3.05, 3.63) is 53.1 Å². The van der Waals surface area contributed by atoms with Crippen LogP contribution in [0.1, 0.15) is 42.3 Å². The van der Waals surface area contributed by atoms with E-state index in [0.29, 0.717) is 17.1 Å². The Morgan fingerprint density at radius 1 is 1.04 bits per heavy atom. The van der Waals surface area contributed by atoms with Crippen molar-refractivity contribution in [2.24, 2.45) is 0 Å². The van der Waals surface area contributed by atoms with Gasteiger partial charge >= 0.3 is 5.97 Å². The number of ether oxygens (including phenoxy) is 2. The topological polar surface area (TPSA) is 35.5 Å². The third-order valence-corrected chi connectivity index (χ3v) is 4.60. The molecule has 0 aliphatic rings. The summed E-state index contributed by atoms with van der Waals surface area (Å²) in [5.74, 6) is 0.686. The maximum Gasteiger partial charge on any atom is 0.347 e. The van der Waals surface area contributed by atoms with Gasteiger partial charge in [-0.25, -0.2) is 4.79 Å². The summed E-state index contributed by atoms with van der Waals surface area (Å²) in [4.78, 5) is 13.6. The summed E-state index contributed by atoms with van der Waals surface area (Å²) in [5.41, 5.74) is 2.64. The van der Waals surface area contributed by atoms with Gasteiger partial charge in [0.05, 0.1) is 7.11 Å². The number of carbonyl (C=O) groups is 1. The highest BCUT2D eigenvalue weighted by molar-refractivity contribution is 7.98. The first-order valence-electron chi connectivity index (χ1n) is 7.81. The van der Waals surface area contributed by atoms with E-state index < -0.39 is 5.97 Å². The predicted octanol–water partition coefficient (Wildman–Crippen LogP) is 5.24. The predicted molar refractivity (Wildman–Crippen MR) is 99.6 cm³/mol. The molecular weight excluding hydrogens is 320 g/mol. The zero-order valence-corrected chi connectivity index (χ0v) is 15.9. The van der Waals surface area contributed by atoms with Gasteiger partial charge in [0.1, 0.15) is 17.1 Å². The molecular formula is C20H24O3S. The Morgan fingerprint density at radius 2 is 1.75 bits per heavy atom. The Kier molecular flexibility index (Phi) is 5.60. The zero-order chi connectivity index (χ0) is 17.9. The standard InChI is InChI=1S/C20H24O3S/c1-13-11-14(20(2,3)4)7-10-17(13)23-19(21)16-9-8-15(24-6)12-18(16)22-5/h7-12H,1-6H3. The number of carbonyl (C=O) groups excluding carboxylic acids is 1. The van der Waals surface area contributed by atoms with Crippen LogP contribution >= 0.6 is 11.8 Å². The average molecular weight is 344 g/mol. The third kappa shape index (κ3) is 4.12. The maximum absolute atomic E-state index is 12.5. The molecule has 0 fully saturated rings. The highest BCUT2D eigenvalue weighted by atomic mass is 32.2. The van der Waals surface area contributed by atoms with Crippen molar-refractivity contribution in [2.45, 2.75) is 38.0 Å². The normalized spacial score (nSPS) is 11.2. The van der Waals surface area contributed by atoms with E-state index in [1.807, 2.05) is 37.4 Å². The molecule has 2 aromatic rings. The lowest BCUT2D eigenvalue weighted by Gasteiger charge is -2.20. The number of methoxy groups -OCH3 is 1. The molecule has 0 saturated carbocycles. The smallest absolute Gasteiger partial charge is 0.347 e. The highest BCUT2D eigenvalue weighted by Crippen LogP contribution is 2.30. The molecule has 0 aromatic heterocycles. The van der Waals surface area contributed by atoms with E-state index in [1.54, 1.807) is 24.9 Å². The monoisotopic (exact) mass is 344 g/mol. The first-order chi connectivity index (χ1) is 11.3. The molecule has 0 saturated heterocycles. The van der Waals surface area contributed by atoms with E-state index in [9.17, 15) is 4.79 Å². The van der Waals surface area contributed by atoms with Gasteiger partial charge in [-0.15, -0.1) is 11.8 Å². The molecule has 0 amide bonds. The summed E-state index contributed by atoms with van der Waals surface area (Å²) in [6.45, 7) is 8.43. The Bertz CT molecular complexity index is 745. The number of thioether (sulfide) groups is 1. The first-order valence-corrected chi connectivity index (χ1v) is 9.04. The number of rotatable bonds is 4. The molecule has 0 atom stereocenters. The van der Waals surface area contributed by atoms with Crippen LogP contribution in [0, 0.1) is 6.92 Å². The van der Waals surface area contributed by atoms with Gasteiger partial charge in [0, 0.05) is 4.90 Å². The molecule has 4 heteroatoms. The van der Waals surface area contributed by atoms with Gasteiger partial charge in [-0.3, -0.25) is 0 Å².